The van der Waals surface area contributed by atoms with Crippen LogP contribution in [-0.2, 0) is 14.4 Å². The lowest BCUT2D eigenvalue weighted by Crippen LogP contribution is -2.53. The van der Waals surface area contributed by atoms with E-state index in [1.165, 1.54) is 6.92 Å². The number of aliphatic carboxylic acids is 3. The van der Waals surface area contributed by atoms with Crippen molar-refractivity contribution in [1.82, 2.24) is 10.6 Å². The molecule has 0 aliphatic heterocycles. The van der Waals surface area contributed by atoms with Crippen LogP contribution < -0.4 is 10.6 Å². The van der Waals surface area contributed by atoms with E-state index < -0.39 is 41.9 Å². The van der Waals surface area contributed by atoms with Crippen LogP contribution in [0.1, 0.15) is 13.8 Å². The van der Waals surface area contributed by atoms with Crippen molar-refractivity contribution in [3.63, 3.8) is 0 Å². The monoisotopic (exact) mass is 262 g/mol. The summed E-state index contributed by atoms with van der Waals surface area (Å²) in [5, 5.41) is 29.8. The third-order valence-corrected chi connectivity index (χ3v) is 2.16. The summed E-state index contributed by atoms with van der Waals surface area (Å²) in [5.41, 5.74) is 0. The summed E-state index contributed by atoms with van der Waals surface area (Å²) >= 11 is 0. The van der Waals surface area contributed by atoms with E-state index >= 15 is 0 Å². The molecule has 0 aromatic rings. The molecule has 3 atom stereocenters. The van der Waals surface area contributed by atoms with Crippen molar-refractivity contribution < 1.29 is 34.5 Å². The molecule has 9 heteroatoms. The third kappa shape index (κ3) is 4.68. The number of carbonyl (C=O) groups is 4. The van der Waals surface area contributed by atoms with E-state index in [1.807, 2.05) is 10.6 Å². The van der Waals surface area contributed by atoms with Crippen LogP contribution in [0.25, 0.3) is 0 Å². The van der Waals surface area contributed by atoms with Gasteiger partial charge in [0.05, 0.1) is 5.92 Å². The molecule has 0 saturated heterocycles. The van der Waals surface area contributed by atoms with E-state index in [2.05, 4.69) is 0 Å². The number of hydrogen-bond donors (Lipinski definition) is 5. The Hall–Kier alpha value is -2.32. The van der Waals surface area contributed by atoms with Crippen LogP contribution in [0.2, 0.25) is 0 Å². The Morgan fingerprint density at radius 1 is 0.833 bits per heavy atom. The molecule has 2 amide bonds. The van der Waals surface area contributed by atoms with Gasteiger partial charge in [-0.3, -0.25) is 9.59 Å². The molecule has 0 bridgehead atoms. The van der Waals surface area contributed by atoms with E-state index in [1.54, 1.807) is 0 Å². The van der Waals surface area contributed by atoms with Gasteiger partial charge in [0.2, 0.25) is 0 Å². The Labute approximate surface area is 102 Å². The molecular weight excluding hydrogens is 248 g/mol. The van der Waals surface area contributed by atoms with Gasteiger partial charge < -0.3 is 26.0 Å². The second-order valence-electron chi connectivity index (χ2n) is 3.62. The van der Waals surface area contributed by atoms with Gasteiger partial charge in [-0.05, 0) is 13.8 Å². The van der Waals surface area contributed by atoms with Gasteiger partial charge in [-0.15, -0.1) is 0 Å². The topological polar surface area (TPSA) is 153 Å². The maximum Gasteiger partial charge on any atom is 0.327 e. The molecule has 9 nitrogen and oxygen atoms in total. The number of urea groups is 1. The maximum absolute atomic E-state index is 11.3. The summed E-state index contributed by atoms with van der Waals surface area (Å²) in [7, 11) is 0. The van der Waals surface area contributed by atoms with Gasteiger partial charge in [0, 0.05) is 0 Å². The van der Waals surface area contributed by atoms with Crippen molar-refractivity contribution in [3.8, 4) is 0 Å². The zero-order chi connectivity index (χ0) is 14.5. The molecule has 0 saturated carbocycles. The highest BCUT2D eigenvalue weighted by Gasteiger charge is 2.31. The number of hydrogen-bond acceptors (Lipinski definition) is 4. The predicted octanol–water partition coefficient (Wildman–Crippen LogP) is -1.07. The fourth-order valence-electron chi connectivity index (χ4n) is 0.984. The summed E-state index contributed by atoms with van der Waals surface area (Å²) in [4.78, 5) is 43.1. The average molecular weight is 262 g/mol. The SMILES string of the molecule is CC(C(=O)O)[C@H](NC(=O)N[C@@H](C)C(=O)O)C(=O)O. The number of nitrogens with one attached hydrogen (secondary N) is 2. The summed E-state index contributed by atoms with van der Waals surface area (Å²) in [5.74, 6) is -5.58. The predicted molar refractivity (Wildman–Crippen MR) is 57.0 cm³/mol. The minimum absolute atomic E-state index is 1.06. The molecule has 0 spiro atoms. The van der Waals surface area contributed by atoms with E-state index in [0.29, 0.717) is 0 Å². The molecule has 0 rings (SSSR count). The van der Waals surface area contributed by atoms with Crippen molar-refractivity contribution >= 4 is 23.9 Å². The molecule has 5 N–H and O–H groups in total. The molecule has 0 aromatic heterocycles. The molecule has 0 fully saturated rings. The van der Waals surface area contributed by atoms with E-state index in [4.69, 9.17) is 15.3 Å². The molecule has 0 aliphatic rings. The van der Waals surface area contributed by atoms with Crippen LogP contribution in [0, 0.1) is 5.92 Å². The minimum atomic E-state index is -1.65. The van der Waals surface area contributed by atoms with Crippen molar-refractivity contribution in [2.75, 3.05) is 0 Å². The standard InChI is InChI=1S/C9H14N2O7/c1-3(6(12)13)5(8(16)17)11-9(18)10-4(2)7(14)15/h3-5H,1-2H3,(H,12,13)(H,14,15)(H,16,17)(H2,10,11,18)/t3?,4-,5-/m0/s1. The molecule has 102 valence electrons. The number of amides is 2. The molecular formula is C9H14N2O7. The van der Waals surface area contributed by atoms with Gasteiger partial charge in [0.15, 0.2) is 0 Å². The Kier molecular flexibility index (Phi) is 5.60. The normalized spacial score (nSPS) is 15.0. The van der Waals surface area contributed by atoms with Gasteiger partial charge in [0.25, 0.3) is 0 Å². The summed E-state index contributed by atoms with van der Waals surface area (Å²) in [6.45, 7) is 2.29. The lowest BCUT2D eigenvalue weighted by molar-refractivity contribution is -0.149. The second kappa shape index (κ2) is 6.42. The lowest BCUT2D eigenvalue weighted by Gasteiger charge is -2.19. The van der Waals surface area contributed by atoms with Gasteiger partial charge in [0.1, 0.15) is 12.1 Å². The average Bonchev–Trinajstić information content (AvgIpc) is 2.24. The molecule has 0 radical (unpaired) electrons. The van der Waals surface area contributed by atoms with Gasteiger partial charge >= 0.3 is 23.9 Å². The first kappa shape index (κ1) is 15.7. The smallest absolute Gasteiger partial charge is 0.327 e. The van der Waals surface area contributed by atoms with Crippen LogP contribution in [0.5, 0.6) is 0 Å². The van der Waals surface area contributed by atoms with Gasteiger partial charge in [-0.1, -0.05) is 0 Å². The van der Waals surface area contributed by atoms with Gasteiger partial charge in [-0.2, -0.15) is 0 Å². The molecule has 0 heterocycles. The first-order valence-corrected chi connectivity index (χ1v) is 4.92. The molecule has 0 aliphatic carbocycles. The number of carboxylic acids is 3. The fraction of sp³-hybridized carbons (Fsp3) is 0.556. The van der Waals surface area contributed by atoms with Crippen LogP contribution in [0.3, 0.4) is 0 Å². The van der Waals surface area contributed by atoms with E-state index in [0.717, 1.165) is 6.92 Å². The summed E-state index contributed by atoms with van der Waals surface area (Å²) < 4.78 is 0. The molecule has 18 heavy (non-hydrogen) atoms. The highest BCUT2D eigenvalue weighted by atomic mass is 16.4. The van der Waals surface area contributed by atoms with Crippen molar-refractivity contribution in [1.29, 1.82) is 0 Å². The zero-order valence-electron chi connectivity index (χ0n) is 9.71. The van der Waals surface area contributed by atoms with Crippen molar-refractivity contribution in [2.24, 2.45) is 5.92 Å². The number of carbonyl (C=O) groups excluding carboxylic acids is 1. The highest BCUT2D eigenvalue weighted by Crippen LogP contribution is 2.03. The first-order valence-electron chi connectivity index (χ1n) is 4.92. The number of carboxylic acid groups (broad SMARTS) is 3. The Morgan fingerprint density at radius 2 is 1.33 bits per heavy atom. The largest absolute Gasteiger partial charge is 0.481 e. The highest BCUT2D eigenvalue weighted by molar-refractivity contribution is 5.88. The van der Waals surface area contributed by atoms with Gasteiger partial charge in [-0.25, -0.2) is 9.59 Å². The first-order chi connectivity index (χ1) is 8.16. The third-order valence-electron chi connectivity index (χ3n) is 2.16. The van der Waals surface area contributed by atoms with Crippen LogP contribution in [0.15, 0.2) is 0 Å². The van der Waals surface area contributed by atoms with E-state index in [-0.39, 0.29) is 0 Å². The summed E-state index contributed by atoms with van der Waals surface area (Å²) in [6.07, 6.45) is 0. The summed E-state index contributed by atoms with van der Waals surface area (Å²) in [6, 6.07) is -3.94. The minimum Gasteiger partial charge on any atom is -0.481 e. The maximum atomic E-state index is 11.3. The fourth-order valence-corrected chi connectivity index (χ4v) is 0.984. The molecule has 0 aromatic carbocycles. The Morgan fingerprint density at radius 3 is 1.67 bits per heavy atom. The quantitative estimate of drug-likeness (QED) is 0.408. The van der Waals surface area contributed by atoms with Crippen molar-refractivity contribution in [2.45, 2.75) is 25.9 Å². The molecule has 1 unspecified atom stereocenters. The van der Waals surface area contributed by atoms with Crippen LogP contribution in [-0.4, -0.2) is 51.3 Å². The number of rotatable bonds is 6. The van der Waals surface area contributed by atoms with Crippen LogP contribution in [0.4, 0.5) is 4.79 Å². The lowest BCUT2D eigenvalue weighted by atomic mass is 10.0. The second-order valence-corrected chi connectivity index (χ2v) is 3.62. The van der Waals surface area contributed by atoms with Crippen LogP contribution >= 0.6 is 0 Å². The van der Waals surface area contributed by atoms with E-state index in [9.17, 15) is 19.2 Å². The zero-order valence-corrected chi connectivity index (χ0v) is 9.71. The Bertz CT molecular complexity index is 368. The van der Waals surface area contributed by atoms with Crippen molar-refractivity contribution in [3.05, 3.63) is 0 Å². The Balaban J connectivity index is 4.61.